The molecule has 7 nitrogen and oxygen atoms in total. The summed E-state index contributed by atoms with van der Waals surface area (Å²) in [7, 11) is 0. The number of carbonyl (C=O) groups is 2. The van der Waals surface area contributed by atoms with E-state index in [1.165, 1.54) is 11.0 Å². The largest absolute Gasteiger partial charge is 0.379 e. The molecule has 3 amide bonds. The minimum absolute atomic E-state index is 0.143. The highest BCUT2D eigenvalue weighted by Crippen LogP contribution is 2.20. The Morgan fingerprint density at radius 3 is 2.45 bits per heavy atom. The van der Waals surface area contributed by atoms with Crippen molar-refractivity contribution in [3.05, 3.63) is 87.6 Å². The second-order valence-corrected chi connectivity index (χ2v) is 10.6. The highest BCUT2D eigenvalue weighted by atomic mass is 32.1. The molecule has 1 saturated heterocycles. The van der Waals surface area contributed by atoms with E-state index < -0.39 is 17.7 Å². The number of halogens is 2. The van der Waals surface area contributed by atoms with Gasteiger partial charge >= 0.3 is 6.03 Å². The molecule has 0 unspecified atom stereocenters. The average molecular weight is 543 g/mol. The molecule has 1 N–H and O–H groups in total. The number of hydrogen-bond donors (Lipinski definition) is 1. The molecule has 10 heteroatoms. The Balaban J connectivity index is 1.51. The van der Waals surface area contributed by atoms with Crippen molar-refractivity contribution in [1.82, 2.24) is 14.7 Å². The van der Waals surface area contributed by atoms with Crippen molar-refractivity contribution in [3.63, 3.8) is 0 Å². The molecule has 0 spiro atoms. The van der Waals surface area contributed by atoms with Gasteiger partial charge in [-0.1, -0.05) is 30.3 Å². The maximum Gasteiger partial charge on any atom is 0.322 e. The standard InChI is InChI=1S/C28H32F2N4O3S/c1-21-7-9-24(38-21)19-34(18-22-5-3-2-4-6-22)27(35)20-33(12-11-32-13-15-37-16-14-32)28(36)31-26-10-8-23(29)17-25(26)30/h2-10,17H,11-16,18-20H2,1H3,(H,31,36). The lowest BCUT2D eigenvalue weighted by molar-refractivity contribution is -0.133. The fourth-order valence-electron chi connectivity index (χ4n) is 4.18. The zero-order valence-electron chi connectivity index (χ0n) is 21.4. The number of anilines is 1. The van der Waals surface area contributed by atoms with Crippen molar-refractivity contribution in [2.75, 3.05) is 51.3 Å². The van der Waals surface area contributed by atoms with Crippen molar-refractivity contribution in [1.29, 1.82) is 0 Å². The fourth-order valence-corrected chi connectivity index (χ4v) is 5.09. The number of amides is 3. The number of morpholine rings is 1. The van der Waals surface area contributed by atoms with Gasteiger partial charge in [-0.3, -0.25) is 9.69 Å². The molecule has 0 bridgehead atoms. The van der Waals surface area contributed by atoms with Gasteiger partial charge in [0.15, 0.2) is 0 Å². The molecular formula is C28H32F2N4O3S. The molecule has 3 aromatic rings. The van der Waals surface area contributed by atoms with Crippen LogP contribution in [0.3, 0.4) is 0 Å². The molecule has 2 heterocycles. The van der Waals surface area contributed by atoms with Crippen molar-refractivity contribution >= 4 is 29.0 Å². The van der Waals surface area contributed by atoms with E-state index in [0.29, 0.717) is 38.9 Å². The van der Waals surface area contributed by atoms with Crippen LogP contribution in [-0.2, 0) is 22.6 Å². The van der Waals surface area contributed by atoms with Crippen molar-refractivity contribution in [2.45, 2.75) is 20.0 Å². The highest BCUT2D eigenvalue weighted by molar-refractivity contribution is 7.11. The number of rotatable bonds is 10. The third-order valence-corrected chi connectivity index (χ3v) is 7.27. The first-order valence-electron chi connectivity index (χ1n) is 12.6. The molecule has 4 rings (SSSR count). The minimum atomic E-state index is -0.878. The summed E-state index contributed by atoms with van der Waals surface area (Å²) in [6.45, 7) is 6.12. The maximum atomic E-state index is 14.3. The Morgan fingerprint density at radius 2 is 1.76 bits per heavy atom. The van der Waals surface area contributed by atoms with Gasteiger partial charge < -0.3 is 19.9 Å². The Kier molecular flexibility index (Phi) is 9.80. The molecule has 2 aromatic carbocycles. The van der Waals surface area contributed by atoms with Crippen LogP contribution < -0.4 is 5.32 Å². The SMILES string of the molecule is Cc1ccc(CN(Cc2ccccc2)C(=O)CN(CCN2CCOCC2)C(=O)Nc2ccc(F)cc2F)s1. The van der Waals surface area contributed by atoms with Gasteiger partial charge in [0.25, 0.3) is 0 Å². The summed E-state index contributed by atoms with van der Waals surface area (Å²) in [5.41, 5.74) is 0.835. The summed E-state index contributed by atoms with van der Waals surface area (Å²) >= 11 is 1.63. The Labute approximate surface area is 225 Å². The first-order chi connectivity index (χ1) is 18.4. The molecule has 0 aliphatic carbocycles. The molecule has 0 atom stereocenters. The summed E-state index contributed by atoms with van der Waals surface area (Å²) in [5, 5.41) is 2.51. The first-order valence-corrected chi connectivity index (χ1v) is 13.4. The molecular weight excluding hydrogens is 510 g/mol. The van der Waals surface area contributed by atoms with E-state index >= 15 is 0 Å². The molecule has 1 aliphatic heterocycles. The van der Waals surface area contributed by atoms with Gasteiger partial charge in [0.05, 0.1) is 25.4 Å². The quantitative estimate of drug-likeness (QED) is 0.402. The van der Waals surface area contributed by atoms with Gasteiger partial charge in [-0.15, -0.1) is 11.3 Å². The van der Waals surface area contributed by atoms with Crippen molar-refractivity contribution in [2.24, 2.45) is 0 Å². The van der Waals surface area contributed by atoms with Gasteiger partial charge in [-0.05, 0) is 36.8 Å². The number of hydrogen-bond acceptors (Lipinski definition) is 5. The molecule has 38 heavy (non-hydrogen) atoms. The summed E-state index contributed by atoms with van der Waals surface area (Å²) in [6.07, 6.45) is 0. The van der Waals surface area contributed by atoms with E-state index in [0.717, 1.165) is 34.5 Å². The lowest BCUT2D eigenvalue weighted by atomic mass is 10.2. The second kappa shape index (κ2) is 13.5. The smallest absolute Gasteiger partial charge is 0.322 e. The van der Waals surface area contributed by atoms with E-state index in [9.17, 15) is 18.4 Å². The monoisotopic (exact) mass is 542 g/mol. The van der Waals surface area contributed by atoms with Gasteiger partial charge in [0.1, 0.15) is 18.2 Å². The van der Waals surface area contributed by atoms with E-state index in [2.05, 4.69) is 10.2 Å². The lowest BCUT2D eigenvalue weighted by Gasteiger charge is -2.31. The van der Waals surface area contributed by atoms with Crippen LogP contribution in [0.1, 0.15) is 15.3 Å². The Morgan fingerprint density at radius 1 is 1.00 bits per heavy atom. The maximum absolute atomic E-state index is 14.3. The molecule has 1 aromatic heterocycles. The zero-order valence-corrected chi connectivity index (χ0v) is 22.2. The number of nitrogens with zero attached hydrogens (tertiary/aromatic N) is 3. The summed E-state index contributed by atoms with van der Waals surface area (Å²) < 4.78 is 33.0. The van der Waals surface area contributed by atoms with Crippen LogP contribution in [0.25, 0.3) is 0 Å². The Hall–Kier alpha value is -3.34. The van der Waals surface area contributed by atoms with E-state index in [1.807, 2.05) is 49.4 Å². The van der Waals surface area contributed by atoms with E-state index in [-0.39, 0.29) is 24.7 Å². The van der Waals surface area contributed by atoms with Crippen molar-refractivity contribution < 1.29 is 23.1 Å². The molecule has 1 fully saturated rings. The summed E-state index contributed by atoms with van der Waals surface area (Å²) in [4.78, 5) is 34.4. The fraction of sp³-hybridized carbons (Fsp3) is 0.357. The number of urea groups is 1. The molecule has 0 saturated carbocycles. The van der Waals surface area contributed by atoms with Crippen LogP contribution in [0.2, 0.25) is 0 Å². The van der Waals surface area contributed by atoms with Gasteiger partial charge in [0, 0.05) is 48.5 Å². The van der Waals surface area contributed by atoms with Crippen LogP contribution in [-0.4, -0.2) is 72.6 Å². The Bertz CT molecular complexity index is 1220. The predicted molar refractivity (Wildman–Crippen MR) is 144 cm³/mol. The predicted octanol–water partition coefficient (Wildman–Crippen LogP) is 4.73. The first kappa shape index (κ1) is 27.7. The van der Waals surface area contributed by atoms with Crippen LogP contribution in [0, 0.1) is 18.6 Å². The number of thiophene rings is 1. The third kappa shape index (κ3) is 8.08. The number of aryl methyl sites for hydroxylation is 1. The van der Waals surface area contributed by atoms with Crippen LogP contribution >= 0.6 is 11.3 Å². The van der Waals surface area contributed by atoms with Crippen molar-refractivity contribution in [3.8, 4) is 0 Å². The molecule has 202 valence electrons. The highest BCUT2D eigenvalue weighted by Gasteiger charge is 2.24. The van der Waals surface area contributed by atoms with Gasteiger partial charge in [-0.25, -0.2) is 13.6 Å². The van der Waals surface area contributed by atoms with Crippen LogP contribution in [0.5, 0.6) is 0 Å². The molecule has 1 aliphatic rings. The molecule has 0 radical (unpaired) electrons. The van der Waals surface area contributed by atoms with E-state index in [1.54, 1.807) is 16.2 Å². The zero-order chi connectivity index (χ0) is 26.9. The number of nitrogens with one attached hydrogen (secondary N) is 1. The van der Waals surface area contributed by atoms with Gasteiger partial charge in [-0.2, -0.15) is 0 Å². The minimum Gasteiger partial charge on any atom is -0.379 e. The second-order valence-electron chi connectivity index (χ2n) is 9.18. The lowest BCUT2D eigenvalue weighted by Crippen LogP contribution is -2.48. The number of ether oxygens (including phenoxy) is 1. The number of benzene rings is 2. The third-order valence-electron chi connectivity index (χ3n) is 6.29. The average Bonchev–Trinajstić information content (AvgIpc) is 3.33. The van der Waals surface area contributed by atoms with Crippen LogP contribution in [0.4, 0.5) is 19.3 Å². The summed E-state index contributed by atoms with van der Waals surface area (Å²) in [6, 6.07) is 16.0. The number of carbonyl (C=O) groups excluding carboxylic acids is 2. The van der Waals surface area contributed by atoms with E-state index in [4.69, 9.17) is 4.74 Å². The summed E-state index contributed by atoms with van der Waals surface area (Å²) in [5.74, 6) is -1.84. The van der Waals surface area contributed by atoms with Gasteiger partial charge in [0.2, 0.25) is 5.91 Å². The topological polar surface area (TPSA) is 65.1 Å². The normalized spacial score (nSPS) is 13.8. The van der Waals surface area contributed by atoms with Crippen LogP contribution in [0.15, 0.2) is 60.7 Å².